The molecule has 0 aromatic heterocycles. The first-order chi connectivity index (χ1) is 7.83. The van der Waals surface area contributed by atoms with Crippen LogP contribution in [0.25, 0.3) is 0 Å². The molecular formula is C13H15BrO2. The molecule has 0 saturated heterocycles. The number of ether oxygens (including phenoxy) is 2. The summed E-state index contributed by atoms with van der Waals surface area (Å²) >= 11 is 3.76. The van der Waals surface area contributed by atoms with Gasteiger partial charge in [-0.2, -0.15) is 0 Å². The Hall–Kier alpha value is -0.700. The second-order valence-corrected chi connectivity index (χ2v) is 5.66. The summed E-state index contributed by atoms with van der Waals surface area (Å²) in [4.78, 5) is 0.454. The van der Waals surface area contributed by atoms with E-state index >= 15 is 0 Å². The largest absolute Gasteiger partial charge is 0.486 e. The maximum Gasteiger partial charge on any atom is 0.161 e. The van der Waals surface area contributed by atoms with E-state index < -0.39 is 0 Å². The van der Waals surface area contributed by atoms with Gasteiger partial charge in [-0.1, -0.05) is 34.8 Å². The molecule has 1 heterocycles. The second-order valence-electron chi connectivity index (χ2n) is 4.55. The van der Waals surface area contributed by atoms with Crippen molar-refractivity contribution in [2.45, 2.75) is 24.1 Å². The van der Waals surface area contributed by atoms with Gasteiger partial charge in [-0.15, -0.1) is 0 Å². The maximum atomic E-state index is 5.59. The van der Waals surface area contributed by atoms with Crippen LogP contribution in [0, 0.1) is 5.92 Å². The molecular weight excluding hydrogens is 268 g/mol. The predicted octanol–water partition coefficient (Wildman–Crippen LogP) is 3.69. The van der Waals surface area contributed by atoms with E-state index in [1.807, 2.05) is 6.07 Å². The van der Waals surface area contributed by atoms with Gasteiger partial charge < -0.3 is 9.47 Å². The molecule has 0 N–H and O–H groups in total. The van der Waals surface area contributed by atoms with Crippen LogP contribution in [0.3, 0.4) is 0 Å². The van der Waals surface area contributed by atoms with Gasteiger partial charge in [0.15, 0.2) is 11.5 Å². The van der Waals surface area contributed by atoms with E-state index in [9.17, 15) is 0 Å². The van der Waals surface area contributed by atoms with E-state index in [2.05, 4.69) is 28.1 Å². The number of hydrogen-bond donors (Lipinski definition) is 0. The molecule has 1 aromatic rings. The van der Waals surface area contributed by atoms with Crippen LogP contribution in [0.2, 0.25) is 0 Å². The third-order valence-electron chi connectivity index (χ3n) is 3.17. The van der Waals surface area contributed by atoms with E-state index in [1.165, 1.54) is 24.8 Å². The monoisotopic (exact) mass is 282 g/mol. The third kappa shape index (κ3) is 2.19. The molecule has 1 aliphatic carbocycles. The van der Waals surface area contributed by atoms with Crippen LogP contribution in [-0.4, -0.2) is 13.2 Å². The lowest BCUT2D eigenvalue weighted by Gasteiger charge is -2.20. The fraction of sp³-hybridized carbons (Fsp3) is 0.538. The van der Waals surface area contributed by atoms with Crippen molar-refractivity contribution in [3.8, 4) is 11.5 Å². The SMILES string of the molecule is BrC(CC1CC1)c1ccc2c(c1)OCCO2. The second kappa shape index (κ2) is 4.28. The lowest BCUT2D eigenvalue weighted by atomic mass is 10.1. The van der Waals surface area contributed by atoms with Crippen molar-refractivity contribution >= 4 is 15.9 Å². The molecule has 1 aromatic carbocycles. The molecule has 86 valence electrons. The molecule has 1 unspecified atom stereocenters. The molecule has 1 atom stereocenters. The molecule has 1 aliphatic heterocycles. The zero-order chi connectivity index (χ0) is 11.0. The smallest absolute Gasteiger partial charge is 0.161 e. The van der Waals surface area contributed by atoms with Gasteiger partial charge in [-0.05, 0) is 30.0 Å². The van der Waals surface area contributed by atoms with Gasteiger partial charge in [0.1, 0.15) is 13.2 Å². The molecule has 2 nitrogen and oxygen atoms in total. The predicted molar refractivity (Wildman–Crippen MR) is 66.4 cm³/mol. The average Bonchev–Trinajstić information content (AvgIpc) is 3.12. The highest BCUT2D eigenvalue weighted by molar-refractivity contribution is 9.09. The first kappa shape index (κ1) is 10.5. The number of alkyl halides is 1. The average molecular weight is 283 g/mol. The van der Waals surface area contributed by atoms with E-state index in [4.69, 9.17) is 9.47 Å². The fourth-order valence-corrected chi connectivity index (χ4v) is 2.85. The highest BCUT2D eigenvalue weighted by atomic mass is 79.9. The Morgan fingerprint density at radius 2 is 1.94 bits per heavy atom. The van der Waals surface area contributed by atoms with Gasteiger partial charge in [0.05, 0.1) is 0 Å². The van der Waals surface area contributed by atoms with Crippen molar-refractivity contribution in [1.29, 1.82) is 0 Å². The standard InChI is InChI=1S/C13H15BrO2/c14-11(7-9-1-2-9)10-3-4-12-13(8-10)16-6-5-15-12/h3-4,8-9,11H,1-2,5-7H2. The summed E-state index contributed by atoms with van der Waals surface area (Å²) < 4.78 is 11.1. The van der Waals surface area contributed by atoms with E-state index in [0.717, 1.165) is 17.4 Å². The summed E-state index contributed by atoms with van der Waals surface area (Å²) in [5.74, 6) is 2.70. The van der Waals surface area contributed by atoms with Crippen molar-refractivity contribution in [2.75, 3.05) is 13.2 Å². The fourth-order valence-electron chi connectivity index (χ4n) is 2.04. The Morgan fingerprint density at radius 3 is 2.69 bits per heavy atom. The number of fused-ring (bicyclic) bond motifs is 1. The highest BCUT2D eigenvalue weighted by Crippen LogP contribution is 2.43. The number of rotatable bonds is 3. The van der Waals surface area contributed by atoms with Gasteiger partial charge in [0.2, 0.25) is 0 Å². The minimum Gasteiger partial charge on any atom is -0.486 e. The minimum absolute atomic E-state index is 0.454. The van der Waals surface area contributed by atoms with Crippen molar-refractivity contribution < 1.29 is 9.47 Å². The van der Waals surface area contributed by atoms with Gasteiger partial charge >= 0.3 is 0 Å². The lowest BCUT2D eigenvalue weighted by molar-refractivity contribution is 0.171. The van der Waals surface area contributed by atoms with Crippen LogP contribution in [0.1, 0.15) is 29.7 Å². The summed E-state index contributed by atoms with van der Waals surface area (Å²) in [6.07, 6.45) is 4.03. The van der Waals surface area contributed by atoms with E-state index in [1.54, 1.807) is 0 Å². The molecule has 3 heteroatoms. The first-order valence-corrected chi connectivity index (χ1v) is 6.78. The Labute approximate surface area is 104 Å². The quantitative estimate of drug-likeness (QED) is 0.788. The van der Waals surface area contributed by atoms with Crippen LogP contribution in [0.5, 0.6) is 11.5 Å². The summed E-state index contributed by atoms with van der Waals surface area (Å²) in [5.41, 5.74) is 1.30. The Bertz CT molecular complexity index is 388. The summed E-state index contributed by atoms with van der Waals surface area (Å²) in [6.45, 7) is 1.32. The molecule has 1 saturated carbocycles. The Balaban J connectivity index is 1.78. The molecule has 1 fully saturated rings. The summed E-state index contributed by atoms with van der Waals surface area (Å²) in [5, 5.41) is 0. The summed E-state index contributed by atoms with van der Waals surface area (Å²) in [7, 11) is 0. The highest BCUT2D eigenvalue weighted by Gasteiger charge is 2.25. The molecule has 0 bridgehead atoms. The minimum atomic E-state index is 0.454. The number of halogens is 1. The van der Waals surface area contributed by atoms with Crippen LogP contribution < -0.4 is 9.47 Å². The zero-order valence-corrected chi connectivity index (χ0v) is 10.7. The Kier molecular flexibility index (Phi) is 2.80. The molecule has 0 spiro atoms. The number of hydrogen-bond acceptors (Lipinski definition) is 2. The van der Waals surface area contributed by atoms with Crippen molar-refractivity contribution in [2.24, 2.45) is 5.92 Å². The van der Waals surface area contributed by atoms with E-state index in [-0.39, 0.29) is 0 Å². The van der Waals surface area contributed by atoms with Gasteiger partial charge in [-0.3, -0.25) is 0 Å². The molecule has 3 rings (SSSR count). The molecule has 0 radical (unpaired) electrons. The first-order valence-electron chi connectivity index (χ1n) is 5.86. The third-order valence-corrected chi connectivity index (χ3v) is 4.07. The van der Waals surface area contributed by atoms with Crippen LogP contribution in [0.15, 0.2) is 18.2 Å². The van der Waals surface area contributed by atoms with Gasteiger partial charge in [0.25, 0.3) is 0 Å². The normalized spacial score (nSPS) is 20.6. The lowest BCUT2D eigenvalue weighted by Crippen LogP contribution is -2.15. The van der Waals surface area contributed by atoms with Crippen molar-refractivity contribution in [3.63, 3.8) is 0 Å². The Morgan fingerprint density at radius 1 is 1.19 bits per heavy atom. The van der Waals surface area contributed by atoms with Crippen molar-refractivity contribution in [3.05, 3.63) is 23.8 Å². The van der Waals surface area contributed by atoms with Gasteiger partial charge in [0, 0.05) is 4.83 Å². The molecule has 0 amide bonds. The van der Waals surface area contributed by atoms with E-state index in [0.29, 0.717) is 18.0 Å². The van der Waals surface area contributed by atoms with Gasteiger partial charge in [-0.25, -0.2) is 0 Å². The van der Waals surface area contributed by atoms with Crippen molar-refractivity contribution in [1.82, 2.24) is 0 Å². The molecule has 16 heavy (non-hydrogen) atoms. The summed E-state index contributed by atoms with van der Waals surface area (Å²) in [6, 6.07) is 6.26. The maximum absolute atomic E-state index is 5.59. The van der Waals surface area contributed by atoms with Crippen LogP contribution in [0.4, 0.5) is 0 Å². The van der Waals surface area contributed by atoms with Crippen LogP contribution >= 0.6 is 15.9 Å². The van der Waals surface area contributed by atoms with Crippen LogP contribution in [-0.2, 0) is 0 Å². The molecule has 2 aliphatic rings. The zero-order valence-electron chi connectivity index (χ0n) is 9.12. The topological polar surface area (TPSA) is 18.5 Å². The number of benzene rings is 1.